The van der Waals surface area contributed by atoms with Crippen molar-refractivity contribution >= 4 is 10.0 Å². The molecular weight excluding hydrogens is 371 g/mol. The maximum atomic E-state index is 12.5. The maximum absolute atomic E-state index is 12.5. The van der Waals surface area contributed by atoms with E-state index in [2.05, 4.69) is 4.72 Å². The van der Waals surface area contributed by atoms with Crippen LogP contribution in [0.5, 0.6) is 11.5 Å². The molecule has 3 rings (SSSR count). The lowest BCUT2D eigenvalue weighted by atomic mass is 10.1. The molecule has 1 aliphatic heterocycles. The van der Waals surface area contributed by atoms with Crippen LogP contribution in [0, 0.1) is 0 Å². The Morgan fingerprint density at radius 2 is 1.62 bits per heavy atom. The van der Waals surface area contributed by atoms with Crippen molar-refractivity contribution in [2.24, 2.45) is 0 Å². The summed E-state index contributed by atoms with van der Waals surface area (Å²) >= 11 is 0. The Hall–Kier alpha value is -2.26. The fourth-order valence-corrected chi connectivity index (χ4v) is 3.51. The summed E-state index contributed by atoms with van der Waals surface area (Å²) in [5, 5.41) is 0. The molecule has 140 valence electrons. The maximum Gasteiger partial charge on any atom is 0.416 e. The highest BCUT2D eigenvalue weighted by Crippen LogP contribution is 2.31. The van der Waals surface area contributed by atoms with Crippen LogP contribution in [-0.4, -0.2) is 28.2 Å². The van der Waals surface area contributed by atoms with E-state index in [-0.39, 0.29) is 11.4 Å². The van der Waals surface area contributed by atoms with Crippen LogP contribution in [0.4, 0.5) is 13.2 Å². The SMILES string of the molecule is O=S(=O)(NCCc1ccc2c(c1)OCCO2)c1ccc(C(F)(F)F)cc1. The lowest BCUT2D eigenvalue weighted by molar-refractivity contribution is -0.137. The Kier molecular flexibility index (Phi) is 5.10. The van der Waals surface area contributed by atoms with E-state index in [9.17, 15) is 21.6 Å². The number of hydrogen-bond acceptors (Lipinski definition) is 4. The van der Waals surface area contributed by atoms with Gasteiger partial charge in [0.2, 0.25) is 10.0 Å². The molecule has 1 heterocycles. The third-order valence-electron chi connectivity index (χ3n) is 3.80. The average molecular weight is 387 g/mol. The topological polar surface area (TPSA) is 64.6 Å². The second-order valence-corrected chi connectivity index (χ2v) is 7.41. The molecule has 0 spiro atoms. The number of halogens is 3. The van der Waals surface area contributed by atoms with Crippen LogP contribution in [0.1, 0.15) is 11.1 Å². The van der Waals surface area contributed by atoms with Crippen molar-refractivity contribution in [1.82, 2.24) is 4.72 Å². The van der Waals surface area contributed by atoms with Crippen molar-refractivity contribution in [1.29, 1.82) is 0 Å². The molecule has 0 amide bonds. The summed E-state index contributed by atoms with van der Waals surface area (Å²) in [6.07, 6.45) is -4.11. The van der Waals surface area contributed by atoms with Gasteiger partial charge in [-0.05, 0) is 48.4 Å². The van der Waals surface area contributed by atoms with E-state index in [1.807, 2.05) is 0 Å². The first-order valence-electron chi connectivity index (χ1n) is 7.81. The molecule has 0 aliphatic carbocycles. The highest BCUT2D eigenvalue weighted by atomic mass is 32.2. The Bertz CT molecular complexity index is 880. The molecule has 2 aromatic carbocycles. The van der Waals surface area contributed by atoms with Gasteiger partial charge in [-0.15, -0.1) is 0 Å². The van der Waals surface area contributed by atoms with Gasteiger partial charge in [-0.1, -0.05) is 6.07 Å². The minimum atomic E-state index is -4.51. The first-order chi connectivity index (χ1) is 12.3. The Morgan fingerprint density at radius 1 is 0.962 bits per heavy atom. The molecule has 0 unspecified atom stereocenters. The van der Waals surface area contributed by atoms with Crippen molar-refractivity contribution in [3.63, 3.8) is 0 Å². The third-order valence-corrected chi connectivity index (χ3v) is 5.28. The van der Waals surface area contributed by atoms with Gasteiger partial charge in [-0.25, -0.2) is 13.1 Å². The largest absolute Gasteiger partial charge is 0.486 e. The van der Waals surface area contributed by atoms with Gasteiger partial charge in [0.1, 0.15) is 13.2 Å². The Balaban J connectivity index is 1.62. The normalized spacial score (nSPS) is 14.3. The predicted octanol–water partition coefficient (Wildman–Crippen LogP) is 3.00. The Morgan fingerprint density at radius 3 is 2.27 bits per heavy atom. The predicted molar refractivity (Wildman–Crippen MR) is 87.8 cm³/mol. The second-order valence-electron chi connectivity index (χ2n) is 5.65. The molecule has 0 saturated carbocycles. The monoisotopic (exact) mass is 387 g/mol. The van der Waals surface area contributed by atoms with Gasteiger partial charge in [0.25, 0.3) is 0 Å². The van der Waals surface area contributed by atoms with Gasteiger partial charge < -0.3 is 9.47 Å². The molecule has 2 aromatic rings. The minimum Gasteiger partial charge on any atom is -0.486 e. The molecule has 5 nitrogen and oxygen atoms in total. The average Bonchev–Trinajstić information content (AvgIpc) is 2.61. The van der Waals surface area contributed by atoms with Crippen molar-refractivity contribution in [2.75, 3.05) is 19.8 Å². The molecule has 26 heavy (non-hydrogen) atoms. The molecule has 0 atom stereocenters. The molecule has 1 aliphatic rings. The summed E-state index contributed by atoms with van der Waals surface area (Å²) in [5.74, 6) is 1.25. The number of hydrogen-bond donors (Lipinski definition) is 1. The van der Waals surface area contributed by atoms with Crippen LogP contribution in [0.15, 0.2) is 47.4 Å². The number of ether oxygens (including phenoxy) is 2. The molecule has 0 radical (unpaired) electrons. The van der Waals surface area contributed by atoms with Crippen LogP contribution in [0.25, 0.3) is 0 Å². The number of fused-ring (bicyclic) bond motifs is 1. The smallest absolute Gasteiger partial charge is 0.416 e. The zero-order valence-corrected chi connectivity index (χ0v) is 14.4. The van der Waals surface area contributed by atoms with E-state index in [1.165, 1.54) is 0 Å². The molecule has 0 bridgehead atoms. The number of rotatable bonds is 5. The van der Waals surface area contributed by atoms with Crippen LogP contribution < -0.4 is 14.2 Å². The van der Waals surface area contributed by atoms with Crippen molar-refractivity contribution in [2.45, 2.75) is 17.5 Å². The van der Waals surface area contributed by atoms with Gasteiger partial charge in [0.05, 0.1) is 10.5 Å². The van der Waals surface area contributed by atoms with Crippen molar-refractivity contribution < 1.29 is 31.1 Å². The second kappa shape index (κ2) is 7.16. The quantitative estimate of drug-likeness (QED) is 0.857. The van der Waals surface area contributed by atoms with Gasteiger partial charge in [-0.3, -0.25) is 0 Å². The summed E-state index contributed by atoms with van der Waals surface area (Å²) in [6.45, 7) is 1.04. The summed E-state index contributed by atoms with van der Waals surface area (Å²) in [6, 6.07) is 8.71. The summed E-state index contributed by atoms with van der Waals surface area (Å²) in [5.41, 5.74) is -0.0444. The molecule has 0 fully saturated rings. The zero-order chi connectivity index (χ0) is 18.8. The first kappa shape index (κ1) is 18.5. The highest BCUT2D eigenvalue weighted by molar-refractivity contribution is 7.89. The molecular formula is C17H16F3NO4S. The van der Waals surface area contributed by atoms with Crippen LogP contribution in [-0.2, 0) is 22.6 Å². The van der Waals surface area contributed by atoms with Gasteiger partial charge in [-0.2, -0.15) is 13.2 Å². The van der Waals surface area contributed by atoms with E-state index in [4.69, 9.17) is 9.47 Å². The third kappa shape index (κ3) is 4.28. The van der Waals surface area contributed by atoms with Gasteiger partial charge in [0, 0.05) is 6.54 Å². The Labute approximate surface area is 148 Å². The lowest BCUT2D eigenvalue weighted by Gasteiger charge is -2.18. The summed E-state index contributed by atoms with van der Waals surface area (Å²) in [7, 11) is -3.88. The number of alkyl halides is 3. The number of nitrogens with one attached hydrogen (secondary N) is 1. The standard InChI is InChI=1S/C17H16F3NO4S/c18-17(19,20)13-2-4-14(5-3-13)26(22,23)21-8-7-12-1-6-15-16(11-12)25-10-9-24-15/h1-6,11,21H,7-10H2. The highest BCUT2D eigenvalue weighted by Gasteiger charge is 2.30. The van der Waals surface area contributed by atoms with Crippen LogP contribution >= 0.6 is 0 Å². The fourth-order valence-electron chi connectivity index (χ4n) is 2.48. The van der Waals surface area contributed by atoms with Crippen molar-refractivity contribution in [3.8, 4) is 11.5 Å². The first-order valence-corrected chi connectivity index (χ1v) is 9.29. The number of benzene rings is 2. The minimum absolute atomic E-state index is 0.100. The lowest BCUT2D eigenvalue weighted by Crippen LogP contribution is -2.26. The van der Waals surface area contributed by atoms with Crippen molar-refractivity contribution in [3.05, 3.63) is 53.6 Å². The molecule has 1 N–H and O–H groups in total. The fraction of sp³-hybridized carbons (Fsp3) is 0.294. The van der Waals surface area contributed by atoms with E-state index >= 15 is 0 Å². The van der Waals surface area contributed by atoms with Gasteiger partial charge in [0.15, 0.2) is 11.5 Å². The van der Waals surface area contributed by atoms with Crippen LogP contribution in [0.2, 0.25) is 0 Å². The number of sulfonamides is 1. The molecule has 9 heteroatoms. The summed E-state index contributed by atoms with van der Waals surface area (Å²) < 4.78 is 75.2. The van der Waals surface area contributed by atoms with Gasteiger partial charge >= 0.3 is 6.18 Å². The van der Waals surface area contributed by atoms with E-state index in [0.717, 1.165) is 29.8 Å². The van der Waals surface area contributed by atoms with E-state index in [0.29, 0.717) is 31.1 Å². The van der Waals surface area contributed by atoms with E-state index in [1.54, 1.807) is 18.2 Å². The van der Waals surface area contributed by atoms with E-state index < -0.39 is 21.8 Å². The van der Waals surface area contributed by atoms with Crippen LogP contribution in [0.3, 0.4) is 0 Å². The zero-order valence-electron chi connectivity index (χ0n) is 13.5. The molecule has 0 saturated heterocycles. The summed E-state index contributed by atoms with van der Waals surface area (Å²) in [4.78, 5) is -0.215. The molecule has 0 aromatic heterocycles.